The third kappa shape index (κ3) is 2.63. The number of rotatable bonds is 3. The molecule has 26 heavy (non-hydrogen) atoms. The van der Waals surface area contributed by atoms with Crippen molar-refractivity contribution in [2.24, 2.45) is 0 Å². The molecule has 7 nitrogen and oxygen atoms in total. The lowest BCUT2D eigenvalue weighted by Crippen LogP contribution is -2.18. The van der Waals surface area contributed by atoms with Gasteiger partial charge >= 0.3 is 0 Å². The first kappa shape index (κ1) is 16.0. The van der Waals surface area contributed by atoms with Crippen LogP contribution in [0.2, 0.25) is 0 Å². The molecular formula is C19H18N6O. The molecule has 130 valence electrons. The van der Waals surface area contributed by atoms with Crippen molar-refractivity contribution in [3.05, 3.63) is 48.4 Å². The Labute approximate surface area is 150 Å². The van der Waals surface area contributed by atoms with E-state index in [1.54, 1.807) is 19.3 Å². The highest BCUT2D eigenvalue weighted by Gasteiger charge is 2.11. The maximum Gasteiger partial charge on any atom is 0.269 e. The maximum absolute atomic E-state index is 11.6. The van der Waals surface area contributed by atoms with Crippen LogP contribution in [-0.4, -0.2) is 47.0 Å². The fourth-order valence-corrected chi connectivity index (χ4v) is 2.87. The van der Waals surface area contributed by atoms with Crippen molar-refractivity contribution >= 4 is 33.7 Å². The zero-order valence-corrected chi connectivity index (χ0v) is 14.7. The summed E-state index contributed by atoms with van der Waals surface area (Å²) in [5.74, 6) is 0.679. The number of carbonyl (C=O) groups is 1. The first-order valence-corrected chi connectivity index (χ1v) is 8.21. The van der Waals surface area contributed by atoms with Gasteiger partial charge in [-0.15, -0.1) is 0 Å². The van der Waals surface area contributed by atoms with Crippen LogP contribution < -0.4 is 10.2 Å². The Hall–Kier alpha value is -3.48. The molecule has 0 aliphatic heterocycles. The van der Waals surface area contributed by atoms with Gasteiger partial charge in [0.25, 0.3) is 5.91 Å². The number of anilines is 1. The fourth-order valence-electron chi connectivity index (χ4n) is 2.87. The maximum atomic E-state index is 11.6. The summed E-state index contributed by atoms with van der Waals surface area (Å²) < 4.78 is 0. The predicted octanol–water partition coefficient (Wildman–Crippen LogP) is 2.60. The fraction of sp³-hybridized carbons (Fsp3) is 0.158. The molecule has 0 unspecified atom stereocenters. The van der Waals surface area contributed by atoms with E-state index in [9.17, 15) is 4.79 Å². The minimum atomic E-state index is -0.209. The number of carbonyl (C=O) groups excluding carboxylic acids is 1. The molecule has 4 heterocycles. The third-order valence-corrected chi connectivity index (χ3v) is 4.31. The van der Waals surface area contributed by atoms with Crippen LogP contribution in [0.3, 0.4) is 0 Å². The van der Waals surface area contributed by atoms with Crippen molar-refractivity contribution in [3.8, 4) is 11.3 Å². The SMILES string of the molecule is CNC(=O)c1ccc(-c2ccc3c(n2)[nH]c2cc(N(C)C)ncc23)cn1. The second-order valence-corrected chi connectivity index (χ2v) is 6.21. The number of amides is 1. The number of pyridine rings is 3. The van der Waals surface area contributed by atoms with Crippen molar-refractivity contribution in [3.63, 3.8) is 0 Å². The highest BCUT2D eigenvalue weighted by atomic mass is 16.1. The van der Waals surface area contributed by atoms with Gasteiger partial charge in [-0.25, -0.2) is 9.97 Å². The summed E-state index contributed by atoms with van der Waals surface area (Å²) in [7, 11) is 5.51. The zero-order valence-electron chi connectivity index (χ0n) is 14.7. The lowest BCUT2D eigenvalue weighted by Gasteiger charge is -2.10. The molecule has 0 atom stereocenters. The number of fused-ring (bicyclic) bond motifs is 3. The molecule has 0 aliphatic carbocycles. The molecular weight excluding hydrogens is 328 g/mol. The van der Waals surface area contributed by atoms with Gasteiger partial charge in [0.15, 0.2) is 0 Å². The van der Waals surface area contributed by atoms with E-state index in [1.807, 2.05) is 49.5 Å². The van der Waals surface area contributed by atoms with E-state index in [0.717, 1.165) is 39.0 Å². The second kappa shape index (κ2) is 6.11. The Morgan fingerprint density at radius 1 is 1.08 bits per heavy atom. The summed E-state index contributed by atoms with van der Waals surface area (Å²) in [6.45, 7) is 0. The quantitative estimate of drug-likeness (QED) is 0.595. The average molecular weight is 346 g/mol. The Morgan fingerprint density at radius 3 is 2.62 bits per heavy atom. The molecule has 0 bridgehead atoms. The van der Waals surface area contributed by atoms with Crippen LogP contribution in [0.15, 0.2) is 42.7 Å². The molecule has 4 aromatic heterocycles. The Kier molecular flexibility index (Phi) is 3.76. The average Bonchev–Trinajstić information content (AvgIpc) is 3.04. The first-order chi connectivity index (χ1) is 12.6. The number of aromatic amines is 1. The summed E-state index contributed by atoms with van der Waals surface area (Å²) in [5, 5.41) is 4.62. The summed E-state index contributed by atoms with van der Waals surface area (Å²) in [4.78, 5) is 30.3. The van der Waals surface area contributed by atoms with E-state index in [4.69, 9.17) is 4.98 Å². The molecule has 0 aliphatic rings. The predicted molar refractivity (Wildman–Crippen MR) is 102 cm³/mol. The molecule has 0 radical (unpaired) electrons. The van der Waals surface area contributed by atoms with Gasteiger partial charge in [0.1, 0.15) is 17.2 Å². The molecule has 0 aromatic carbocycles. The van der Waals surface area contributed by atoms with E-state index >= 15 is 0 Å². The Balaban J connectivity index is 1.77. The Morgan fingerprint density at radius 2 is 1.92 bits per heavy atom. The third-order valence-electron chi connectivity index (χ3n) is 4.31. The van der Waals surface area contributed by atoms with E-state index in [2.05, 4.69) is 20.3 Å². The summed E-state index contributed by atoms with van der Waals surface area (Å²) in [6, 6.07) is 9.53. The lowest BCUT2D eigenvalue weighted by molar-refractivity contribution is 0.0958. The molecule has 0 fully saturated rings. The summed E-state index contributed by atoms with van der Waals surface area (Å²) in [5.41, 5.74) is 3.82. The van der Waals surface area contributed by atoms with Gasteiger partial charge in [0, 0.05) is 55.9 Å². The largest absolute Gasteiger partial charge is 0.363 e. The second-order valence-electron chi connectivity index (χ2n) is 6.21. The topological polar surface area (TPSA) is 86.8 Å². The standard InChI is InChI=1S/C19H18N6O/c1-20-19(26)15-6-4-11(9-21-15)14-7-5-12-13-10-22-17(25(2)3)8-16(13)24-18(12)23-14/h4-10H,1-3H3,(H,20,26)(H,23,24). The minimum absolute atomic E-state index is 0.209. The molecule has 1 amide bonds. The van der Waals surface area contributed by atoms with Crippen LogP contribution in [0.4, 0.5) is 5.82 Å². The Bertz CT molecular complexity index is 1110. The molecule has 4 aromatic rings. The molecule has 7 heteroatoms. The highest BCUT2D eigenvalue weighted by molar-refractivity contribution is 6.06. The molecule has 2 N–H and O–H groups in total. The van der Waals surface area contributed by atoms with Crippen molar-refractivity contribution in [2.75, 3.05) is 26.0 Å². The highest BCUT2D eigenvalue weighted by Crippen LogP contribution is 2.28. The van der Waals surface area contributed by atoms with E-state index in [0.29, 0.717) is 5.69 Å². The van der Waals surface area contributed by atoms with Crippen LogP contribution in [0, 0.1) is 0 Å². The normalized spacial score (nSPS) is 11.0. The molecule has 0 spiro atoms. The monoisotopic (exact) mass is 346 g/mol. The summed E-state index contributed by atoms with van der Waals surface area (Å²) >= 11 is 0. The van der Waals surface area contributed by atoms with Gasteiger partial charge < -0.3 is 15.2 Å². The van der Waals surface area contributed by atoms with E-state index in [1.165, 1.54) is 0 Å². The van der Waals surface area contributed by atoms with Gasteiger partial charge in [0.05, 0.1) is 11.2 Å². The number of aromatic nitrogens is 4. The van der Waals surface area contributed by atoms with Gasteiger partial charge in [-0.2, -0.15) is 0 Å². The van der Waals surface area contributed by atoms with Gasteiger partial charge in [-0.05, 0) is 24.3 Å². The number of hydrogen-bond donors (Lipinski definition) is 2. The van der Waals surface area contributed by atoms with E-state index in [-0.39, 0.29) is 5.91 Å². The number of hydrogen-bond acceptors (Lipinski definition) is 5. The van der Waals surface area contributed by atoms with Crippen LogP contribution in [0.1, 0.15) is 10.5 Å². The lowest BCUT2D eigenvalue weighted by atomic mass is 10.1. The van der Waals surface area contributed by atoms with Crippen LogP contribution >= 0.6 is 0 Å². The molecule has 4 rings (SSSR count). The van der Waals surface area contributed by atoms with Crippen molar-refractivity contribution < 1.29 is 4.79 Å². The van der Waals surface area contributed by atoms with Crippen LogP contribution in [-0.2, 0) is 0 Å². The van der Waals surface area contributed by atoms with Crippen molar-refractivity contribution in [1.82, 2.24) is 25.3 Å². The van der Waals surface area contributed by atoms with Gasteiger partial charge in [0.2, 0.25) is 0 Å². The minimum Gasteiger partial charge on any atom is -0.363 e. The van der Waals surface area contributed by atoms with Crippen LogP contribution in [0.25, 0.3) is 33.2 Å². The van der Waals surface area contributed by atoms with Crippen molar-refractivity contribution in [1.29, 1.82) is 0 Å². The number of nitrogens with one attached hydrogen (secondary N) is 2. The first-order valence-electron chi connectivity index (χ1n) is 8.21. The van der Waals surface area contributed by atoms with E-state index < -0.39 is 0 Å². The zero-order chi connectivity index (χ0) is 18.3. The van der Waals surface area contributed by atoms with Crippen molar-refractivity contribution in [2.45, 2.75) is 0 Å². The number of H-pyrrole nitrogens is 1. The van der Waals surface area contributed by atoms with Crippen LogP contribution in [0.5, 0.6) is 0 Å². The molecule has 0 saturated heterocycles. The number of nitrogens with zero attached hydrogens (tertiary/aromatic N) is 4. The smallest absolute Gasteiger partial charge is 0.269 e. The van der Waals surface area contributed by atoms with Gasteiger partial charge in [-0.3, -0.25) is 9.78 Å². The van der Waals surface area contributed by atoms with Gasteiger partial charge in [-0.1, -0.05) is 0 Å². The summed E-state index contributed by atoms with van der Waals surface area (Å²) in [6.07, 6.45) is 3.53. The molecule has 0 saturated carbocycles.